The topological polar surface area (TPSA) is 98.8 Å². The second-order valence-corrected chi connectivity index (χ2v) is 9.34. The minimum absolute atomic E-state index is 0.231. The molecule has 0 spiro atoms. The summed E-state index contributed by atoms with van der Waals surface area (Å²) in [5.74, 6) is 1.96. The summed E-state index contributed by atoms with van der Waals surface area (Å²) < 4.78 is 38.9. The minimum atomic E-state index is -0.274. The fraction of sp³-hybridized carbons (Fsp3) is 0.357. The first-order valence-electron chi connectivity index (χ1n) is 12.3. The Hall–Kier alpha value is -3.44. The second-order valence-electron chi connectivity index (χ2n) is 8.60. The maximum absolute atomic E-state index is 13.2. The third-order valence-electron chi connectivity index (χ3n) is 6.01. The predicted molar refractivity (Wildman–Crippen MR) is 138 cm³/mol. The van der Waals surface area contributed by atoms with Gasteiger partial charge < -0.3 is 33.2 Å². The first kappa shape index (κ1) is 26.2. The normalized spacial score (nSPS) is 15.7. The van der Waals surface area contributed by atoms with Crippen LogP contribution in [0, 0.1) is 0 Å². The summed E-state index contributed by atoms with van der Waals surface area (Å²) in [5, 5.41) is 3.78. The van der Waals surface area contributed by atoms with E-state index in [1.165, 1.54) is 11.3 Å². The van der Waals surface area contributed by atoms with Crippen LogP contribution in [0.4, 0.5) is 0 Å². The van der Waals surface area contributed by atoms with Crippen molar-refractivity contribution in [2.75, 3.05) is 60.0 Å². The molecule has 1 aliphatic heterocycles. The van der Waals surface area contributed by atoms with Crippen molar-refractivity contribution in [3.05, 3.63) is 69.4 Å². The highest BCUT2D eigenvalue weighted by atomic mass is 32.1. The van der Waals surface area contributed by atoms with Crippen LogP contribution in [0.3, 0.4) is 0 Å². The van der Waals surface area contributed by atoms with Gasteiger partial charge in [0.05, 0.1) is 33.0 Å². The fourth-order valence-electron chi connectivity index (χ4n) is 4.10. The minimum Gasteiger partial charge on any atom is -0.491 e. The number of methoxy groups -OCH3 is 1. The molecule has 1 unspecified atom stereocenters. The van der Waals surface area contributed by atoms with Crippen molar-refractivity contribution in [1.29, 1.82) is 0 Å². The van der Waals surface area contributed by atoms with Gasteiger partial charge in [-0.1, -0.05) is 0 Å². The van der Waals surface area contributed by atoms with E-state index in [1.807, 2.05) is 10.8 Å². The molecule has 2 heterocycles. The molecule has 0 N–H and O–H groups in total. The Kier molecular flexibility index (Phi) is 8.54. The summed E-state index contributed by atoms with van der Waals surface area (Å²) in [6, 6.07) is 9.83. The van der Waals surface area contributed by atoms with Crippen LogP contribution in [-0.2, 0) is 14.2 Å². The van der Waals surface area contributed by atoms with Gasteiger partial charge in [0.1, 0.15) is 31.3 Å². The van der Waals surface area contributed by atoms with Crippen LogP contribution in [0.15, 0.2) is 47.2 Å². The zero-order valence-corrected chi connectivity index (χ0v) is 21.8. The van der Waals surface area contributed by atoms with E-state index in [-0.39, 0.29) is 24.3 Å². The summed E-state index contributed by atoms with van der Waals surface area (Å²) in [5.41, 5.74) is 1.31. The molecule has 9 nitrogen and oxygen atoms in total. The third kappa shape index (κ3) is 5.99. The van der Waals surface area contributed by atoms with Crippen LogP contribution in [0.1, 0.15) is 31.8 Å². The molecule has 0 radical (unpaired) electrons. The highest BCUT2D eigenvalue weighted by Gasteiger charge is 2.31. The average molecular weight is 541 g/mol. The van der Waals surface area contributed by atoms with E-state index in [4.69, 9.17) is 33.2 Å². The molecule has 10 heteroatoms. The first-order valence-corrected chi connectivity index (χ1v) is 13.2. The van der Waals surface area contributed by atoms with E-state index in [0.29, 0.717) is 85.8 Å². The number of hydrogen-bond acceptors (Lipinski definition) is 10. The summed E-state index contributed by atoms with van der Waals surface area (Å²) in [7, 11) is 1.62. The lowest BCUT2D eigenvalue weighted by atomic mass is 9.84. The summed E-state index contributed by atoms with van der Waals surface area (Å²) in [4.78, 5) is 26.4. The fourth-order valence-corrected chi connectivity index (χ4v) is 4.77. The zero-order valence-electron chi connectivity index (χ0n) is 20.9. The Bertz CT molecular complexity index is 1290. The average Bonchev–Trinajstić information content (AvgIpc) is 3.42. The number of ketones is 2. The summed E-state index contributed by atoms with van der Waals surface area (Å²) >= 11 is 1.51. The Labute approximate surface area is 224 Å². The third-order valence-corrected chi connectivity index (χ3v) is 6.71. The van der Waals surface area contributed by atoms with Gasteiger partial charge in [0.2, 0.25) is 0 Å². The quantitative estimate of drug-likeness (QED) is 0.235. The first-order chi connectivity index (χ1) is 18.6. The molecule has 5 rings (SSSR count). The Morgan fingerprint density at radius 3 is 2.05 bits per heavy atom. The van der Waals surface area contributed by atoms with E-state index < -0.39 is 0 Å². The van der Waals surface area contributed by atoms with Crippen molar-refractivity contribution in [3.63, 3.8) is 0 Å². The molecule has 2 aromatic carbocycles. The van der Waals surface area contributed by atoms with Crippen molar-refractivity contribution >= 4 is 22.9 Å². The van der Waals surface area contributed by atoms with Crippen LogP contribution in [-0.4, -0.2) is 77.6 Å². The van der Waals surface area contributed by atoms with E-state index in [1.54, 1.807) is 43.5 Å². The van der Waals surface area contributed by atoms with Crippen molar-refractivity contribution in [1.82, 2.24) is 0 Å². The van der Waals surface area contributed by atoms with Gasteiger partial charge in [-0.25, -0.2) is 0 Å². The Morgan fingerprint density at radius 1 is 0.763 bits per heavy atom. The number of hydrogen-bond donors (Lipinski definition) is 0. The number of carbonyl (C=O) groups excluding carboxylic acids is 2. The molecule has 1 aromatic heterocycles. The lowest BCUT2D eigenvalue weighted by molar-refractivity contribution is 0.0179. The van der Waals surface area contributed by atoms with Gasteiger partial charge in [-0.3, -0.25) is 9.59 Å². The lowest BCUT2D eigenvalue weighted by Gasteiger charge is -2.25. The van der Waals surface area contributed by atoms with Gasteiger partial charge in [-0.05, 0) is 36.4 Å². The molecule has 0 amide bonds. The van der Waals surface area contributed by atoms with E-state index in [2.05, 4.69) is 0 Å². The molecular formula is C28H28O9S. The number of benzene rings is 2. The van der Waals surface area contributed by atoms with E-state index >= 15 is 0 Å². The van der Waals surface area contributed by atoms with Gasteiger partial charge >= 0.3 is 0 Å². The lowest BCUT2D eigenvalue weighted by Crippen LogP contribution is -2.34. The molecule has 0 saturated carbocycles. The van der Waals surface area contributed by atoms with Crippen LogP contribution in [0.5, 0.6) is 23.0 Å². The van der Waals surface area contributed by atoms with Crippen molar-refractivity contribution in [3.8, 4) is 23.0 Å². The number of carbonyl (C=O) groups is 2. The van der Waals surface area contributed by atoms with Crippen molar-refractivity contribution < 1.29 is 42.7 Å². The van der Waals surface area contributed by atoms with Gasteiger partial charge in [-0.2, -0.15) is 0 Å². The molecule has 1 aliphatic carbocycles. The monoisotopic (exact) mass is 540 g/mol. The van der Waals surface area contributed by atoms with Crippen LogP contribution in [0.25, 0.3) is 0 Å². The van der Waals surface area contributed by atoms with E-state index in [9.17, 15) is 9.59 Å². The van der Waals surface area contributed by atoms with Crippen LogP contribution >= 0.6 is 11.3 Å². The van der Waals surface area contributed by atoms with Gasteiger partial charge in [0.15, 0.2) is 29.2 Å². The zero-order chi connectivity index (χ0) is 26.3. The summed E-state index contributed by atoms with van der Waals surface area (Å²) in [6.45, 7) is 3.29. The maximum Gasteiger partial charge on any atom is 0.194 e. The standard InChI is InChI=1S/C28H28O9S/c1-31-6-7-32-8-9-33-10-11-34-18-2-4-21-23(12-18)27(29)22-5-3-19(13-24(22)28(21)30)35-14-20-15-36-25-16-38-17-26(25)37-20/h2-5,12-13,16-17,20H,6-11,14-15H2,1H3. The molecule has 2 aliphatic rings. The molecule has 1 atom stereocenters. The van der Waals surface area contributed by atoms with Crippen molar-refractivity contribution in [2.45, 2.75) is 6.10 Å². The van der Waals surface area contributed by atoms with Crippen LogP contribution < -0.4 is 18.9 Å². The molecule has 0 saturated heterocycles. The second kappa shape index (κ2) is 12.4. The van der Waals surface area contributed by atoms with Crippen molar-refractivity contribution in [2.24, 2.45) is 0 Å². The largest absolute Gasteiger partial charge is 0.491 e. The number of fused-ring (bicyclic) bond motifs is 3. The van der Waals surface area contributed by atoms with Crippen LogP contribution in [0.2, 0.25) is 0 Å². The summed E-state index contributed by atoms with van der Waals surface area (Å²) in [6.07, 6.45) is -0.274. The molecule has 38 heavy (non-hydrogen) atoms. The Balaban J connectivity index is 1.15. The smallest absolute Gasteiger partial charge is 0.194 e. The maximum atomic E-state index is 13.2. The number of rotatable bonds is 13. The predicted octanol–water partition coefficient (Wildman–Crippen LogP) is 3.80. The van der Waals surface area contributed by atoms with E-state index in [0.717, 1.165) is 5.75 Å². The highest BCUT2D eigenvalue weighted by Crippen LogP contribution is 2.36. The molecule has 3 aromatic rings. The molecule has 0 bridgehead atoms. The molecule has 0 fully saturated rings. The van der Waals surface area contributed by atoms with Gasteiger partial charge in [-0.15, -0.1) is 11.3 Å². The number of ether oxygens (including phenoxy) is 7. The Morgan fingerprint density at radius 2 is 1.37 bits per heavy atom. The SMILES string of the molecule is COCCOCCOCCOc1ccc2c(c1)C(=O)c1ccc(OCC3COc4cscc4O3)cc1C2=O. The number of thiophene rings is 1. The molecule has 200 valence electrons. The van der Waals surface area contributed by atoms with Gasteiger partial charge in [0.25, 0.3) is 0 Å². The van der Waals surface area contributed by atoms with Gasteiger partial charge in [0, 0.05) is 40.1 Å². The highest BCUT2D eigenvalue weighted by molar-refractivity contribution is 7.08. The molecular weight excluding hydrogens is 512 g/mol.